The van der Waals surface area contributed by atoms with E-state index in [1.54, 1.807) is 24.4 Å². The van der Waals surface area contributed by atoms with E-state index in [9.17, 15) is 13.2 Å². The van der Waals surface area contributed by atoms with Crippen LogP contribution in [0.4, 0.5) is 5.69 Å². The van der Waals surface area contributed by atoms with Crippen molar-refractivity contribution in [2.45, 2.75) is 16.5 Å². The second-order valence-electron chi connectivity index (χ2n) is 7.40. The molecule has 4 rings (SSSR count). The molecule has 0 saturated carbocycles. The molecule has 0 radical (unpaired) electrons. The molecule has 1 amide bonds. The predicted octanol–water partition coefficient (Wildman–Crippen LogP) is 6.08. The molecule has 0 aliphatic rings. The van der Waals surface area contributed by atoms with Crippen LogP contribution in [0.3, 0.4) is 0 Å². The molecule has 0 atom stereocenters. The van der Waals surface area contributed by atoms with Crippen molar-refractivity contribution in [3.63, 3.8) is 0 Å². The summed E-state index contributed by atoms with van der Waals surface area (Å²) in [5.41, 5.74) is 0.335. The Morgan fingerprint density at radius 3 is 2.42 bits per heavy atom. The standard InChI is InChI=1S/C24H18BrCl2N3O5S/c1-34-18-11-17(12-20(13-18)36(32,33)19-5-2-15(26)3-6-19)28-24(31)22-8-9-30(29-22)14-35-23-7-4-16(27)10-21(23)25/h2-13H,14H2,1H3,(H,28,31). The van der Waals surface area contributed by atoms with Gasteiger partial charge in [-0.15, -0.1) is 0 Å². The van der Waals surface area contributed by atoms with E-state index in [1.165, 1.54) is 60.3 Å². The van der Waals surface area contributed by atoms with Crippen molar-refractivity contribution < 1.29 is 22.7 Å². The number of benzene rings is 3. The van der Waals surface area contributed by atoms with Crippen molar-refractivity contribution in [3.8, 4) is 11.5 Å². The van der Waals surface area contributed by atoms with Gasteiger partial charge >= 0.3 is 0 Å². The summed E-state index contributed by atoms with van der Waals surface area (Å²) in [5.74, 6) is 0.282. The largest absolute Gasteiger partial charge is 0.497 e. The Bertz CT molecular complexity index is 1530. The van der Waals surface area contributed by atoms with Gasteiger partial charge in [0.1, 0.15) is 11.5 Å². The van der Waals surface area contributed by atoms with Crippen molar-refractivity contribution in [3.05, 3.63) is 93.1 Å². The first-order chi connectivity index (χ1) is 17.2. The van der Waals surface area contributed by atoms with E-state index in [4.69, 9.17) is 32.7 Å². The molecule has 0 aliphatic carbocycles. The normalized spacial score (nSPS) is 11.2. The Morgan fingerprint density at radius 1 is 1.00 bits per heavy atom. The lowest BCUT2D eigenvalue weighted by molar-refractivity contribution is 0.102. The van der Waals surface area contributed by atoms with Crippen LogP contribution in [-0.4, -0.2) is 31.2 Å². The maximum Gasteiger partial charge on any atom is 0.276 e. The van der Waals surface area contributed by atoms with Crippen LogP contribution in [0.1, 0.15) is 10.5 Å². The number of halogens is 3. The summed E-state index contributed by atoms with van der Waals surface area (Å²) in [5, 5.41) is 7.86. The van der Waals surface area contributed by atoms with Gasteiger partial charge in [0.15, 0.2) is 12.4 Å². The second-order valence-corrected chi connectivity index (χ2v) is 11.1. The fourth-order valence-electron chi connectivity index (χ4n) is 3.14. The van der Waals surface area contributed by atoms with Gasteiger partial charge in [0.05, 0.1) is 21.4 Å². The maximum atomic E-state index is 13.1. The fraction of sp³-hybridized carbons (Fsp3) is 0.0833. The zero-order valence-electron chi connectivity index (χ0n) is 18.6. The lowest BCUT2D eigenvalue weighted by Gasteiger charge is -2.11. The Kier molecular flexibility index (Phi) is 7.89. The van der Waals surface area contributed by atoms with E-state index in [0.717, 1.165) is 0 Å². The van der Waals surface area contributed by atoms with Gasteiger partial charge < -0.3 is 14.8 Å². The molecule has 186 valence electrons. The fourth-order valence-corrected chi connectivity index (χ4v) is 5.39. The Labute approximate surface area is 225 Å². The van der Waals surface area contributed by atoms with Crippen molar-refractivity contribution in [1.82, 2.24) is 9.78 Å². The van der Waals surface area contributed by atoms with Gasteiger partial charge in [-0.1, -0.05) is 23.2 Å². The predicted molar refractivity (Wildman–Crippen MR) is 140 cm³/mol. The third kappa shape index (κ3) is 6.01. The minimum atomic E-state index is -3.89. The van der Waals surface area contributed by atoms with Crippen LogP contribution in [-0.2, 0) is 16.6 Å². The van der Waals surface area contributed by atoms with Crippen molar-refractivity contribution in [2.75, 3.05) is 12.4 Å². The molecule has 0 saturated heterocycles. The van der Waals surface area contributed by atoms with E-state index in [-0.39, 0.29) is 33.7 Å². The lowest BCUT2D eigenvalue weighted by atomic mass is 10.3. The number of amides is 1. The minimum absolute atomic E-state index is 0.0491. The highest BCUT2D eigenvalue weighted by Gasteiger charge is 2.20. The molecule has 8 nitrogen and oxygen atoms in total. The summed E-state index contributed by atoms with van der Waals surface area (Å²) < 4.78 is 39.3. The van der Waals surface area contributed by atoms with Crippen LogP contribution in [0.25, 0.3) is 0 Å². The molecule has 0 bridgehead atoms. The second kappa shape index (κ2) is 10.9. The first-order valence-electron chi connectivity index (χ1n) is 10.3. The summed E-state index contributed by atoms with van der Waals surface area (Å²) in [6.45, 7) is 0.0517. The smallest absolute Gasteiger partial charge is 0.276 e. The third-order valence-electron chi connectivity index (χ3n) is 4.93. The number of nitrogens with one attached hydrogen (secondary N) is 1. The molecule has 0 unspecified atom stereocenters. The molecule has 1 heterocycles. The van der Waals surface area contributed by atoms with Gasteiger partial charge in [0.2, 0.25) is 9.84 Å². The molecular formula is C24H18BrCl2N3O5S. The summed E-state index contributed by atoms with van der Waals surface area (Å²) in [4.78, 5) is 12.8. The zero-order chi connectivity index (χ0) is 25.9. The number of nitrogens with zero attached hydrogens (tertiary/aromatic N) is 2. The summed E-state index contributed by atoms with van der Waals surface area (Å²) in [6.07, 6.45) is 1.58. The average Bonchev–Trinajstić information content (AvgIpc) is 3.33. The quantitative estimate of drug-likeness (QED) is 0.259. The Balaban J connectivity index is 1.50. The van der Waals surface area contributed by atoms with Gasteiger partial charge in [-0.3, -0.25) is 4.79 Å². The van der Waals surface area contributed by atoms with Crippen LogP contribution in [0.15, 0.2) is 87.2 Å². The number of hydrogen-bond donors (Lipinski definition) is 1. The van der Waals surface area contributed by atoms with Crippen molar-refractivity contribution in [1.29, 1.82) is 0 Å². The van der Waals surface area contributed by atoms with Crippen LogP contribution < -0.4 is 14.8 Å². The molecule has 1 aromatic heterocycles. The summed E-state index contributed by atoms with van der Waals surface area (Å²) in [7, 11) is -2.48. The molecular weight excluding hydrogens is 593 g/mol. The van der Waals surface area contributed by atoms with E-state index in [2.05, 4.69) is 26.3 Å². The minimum Gasteiger partial charge on any atom is -0.497 e. The number of methoxy groups -OCH3 is 1. The molecule has 4 aromatic rings. The Hall–Kier alpha value is -3.05. The summed E-state index contributed by atoms with van der Waals surface area (Å²) in [6, 6.07) is 16.7. The van der Waals surface area contributed by atoms with Gasteiger partial charge in [-0.2, -0.15) is 5.10 Å². The molecule has 0 aliphatic heterocycles. The number of hydrogen-bond acceptors (Lipinski definition) is 6. The molecule has 3 aromatic carbocycles. The number of sulfone groups is 1. The summed E-state index contributed by atoms with van der Waals surface area (Å²) >= 11 is 15.2. The van der Waals surface area contributed by atoms with Gasteiger partial charge in [0.25, 0.3) is 5.91 Å². The van der Waals surface area contributed by atoms with Crippen LogP contribution in [0.5, 0.6) is 11.5 Å². The molecule has 0 spiro atoms. The monoisotopic (exact) mass is 609 g/mol. The number of aromatic nitrogens is 2. The topological polar surface area (TPSA) is 99.5 Å². The highest BCUT2D eigenvalue weighted by atomic mass is 79.9. The average molecular weight is 611 g/mol. The number of ether oxygens (including phenoxy) is 2. The van der Waals surface area contributed by atoms with Gasteiger partial charge in [-0.05, 0) is 76.6 Å². The number of carbonyl (C=O) groups is 1. The van der Waals surface area contributed by atoms with E-state index < -0.39 is 15.7 Å². The van der Waals surface area contributed by atoms with Crippen molar-refractivity contribution >= 4 is 60.6 Å². The van der Waals surface area contributed by atoms with E-state index >= 15 is 0 Å². The SMILES string of the molecule is COc1cc(NC(=O)c2ccn(COc3ccc(Cl)cc3Br)n2)cc(S(=O)(=O)c2ccc(Cl)cc2)c1. The van der Waals surface area contributed by atoms with E-state index in [1.807, 2.05) is 0 Å². The number of anilines is 1. The number of carbonyl (C=O) groups excluding carboxylic acids is 1. The molecule has 0 fully saturated rings. The highest BCUT2D eigenvalue weighted by molar-refractivity contribution is 9.10. The van der Waals surface area contributed by atoms with Gasteiger partial charge in [-0.25, -0.2) is 13.1 Å². The third-order valence-corrected chi connectivity index (χ3v) is 7.78. The molecule has 12 heteroatoms. The molecule has 36 heavy (non-hydrogen) atoms. The number of rotatable bonds is 8. The zero-order valence-corrected chi connectivity index (χ0v) is 22.5. The van der Waals surface area contributed by atoms with Gasteiger partial charge in [0, 0.05) is 28.0 Å². The highest BCUT2D eigenvalue weighted by Crippen LogP contribution is 2.30. The van der Waals surface area contributed by atoms with Crippen LogP contribution in [0.2, 0.25) is 10.0 Å². The maximum absolute atomic E-state index is 13.1. The van der Waals surface area contributed by atoms with E-state index in [0.29, 0.717) is 20.3 Å². The Morgan fingerprint density at radius 2 is 1.72 bits per heavy atom. The van der Waals surface area contributed by atoms with Crippen LogP contribution in [0, 0.1) is 0 Å². The first-order valence-corrected chi connectivity index (χ1v) is 13.3. The van der Waals surface area contributed by atoms with Crippen LogP contribution >= 0.6 is 39.1 Å². The first kappa shape index (κ1) is 26.0. The van der Waals surface area contributed by atoms with Crippen molar-refractivity contribution in [2.24, 2.45) is 0 Å². The lowest BCUT2D eigenvalue weighted by Crippen LogP contribution is -2.15. The molecule has 1 N–H and O–H groups in total.